The second-order valence-corrected chi connectivity index (χ2v) is 11.5. The molecule has 0 saturated heterocycles. The highest BCUT2D eigenvalue weighted by Crippen LogP contribution is 2.36. The van der Waals surface area contributed by atoms with Crippen molar-refractivity contribution in [1.29, 1.82) is 5.41 Å². The summed E-state index contributed by atoms with van der Waals surface area (Å²) in [6.45, 7) is 15.4. The van der Waals surface area contributed by atoms with Gasteiger partial charge in [-0.2, -0.15) is 0 Å². The van der Waals surface area contributed by atoms with Crippen molar-refractivity contribution in [2.75, 3.05) is 56.3 Å². The number of aryl methyl sites for hydroxylation is 1. The fraction of sp³-hybridized carbons (Fsp3) is 0.324. The van der Waals surface area contributed by atoms with E-state index in [1.807, 2.05) is 61.2 Å². The zero-order valence-corrected chi connectivity index (χ0v) is 26.3. The first-order chi connectivity index (χ1) is 21.3. The van der Waals surface area contributed by atoms with E-state index in [1.165, 1.54) is 11.3 Å². The first-order valence-corrected chi connectivity index (χ1v) is 15.4. The highest BCUT2D eigenvalue weighted by atomic mass is 32.1. The maximum absolute atomic E-state index is 12.9. The number of ether oxygens (including phenoxy) is 3. The molecule has 4 rings (SSSR count). The van der Waals surface area contributed by atoms with Crippen LogP contribution in [0.3, 0.4) is 0 Å². The van der Waals surface area contributed by atoms with E-state index in [-0.39, 0.29) is 12.3 Å². The van der Waals surface area contributed by atoms with Crippen LogP contribution in [0.15, 0.2) is 78.9 Å². The number of anilines is 2. The van der Waals surface area contributed by atoms with E-state index in [1.54, 1.807) is 6.08 Å². The van der Waals surface area contributed by atoms with E-state index in [2.05, 4.69) is 24.5 Å². The second kappa shape index (κ2) is 16.1. The number of amidine groups is 1. The zero-order valence-electron chi connectivity index (χ0n) is 25.5. The number of allylic oxidation sites excluding steroid dienone is 2. The van der Waals surface area contributed by atoms with Crippen LogP contribution in [0.2, 0.25) is 0 Å². The number of hydrogen-bond acceptors (Lipinski definition) is 8. The van der Waals surface area contributed by atoms with Gasteiger partial charge in [-0.25, -0.2) is 4.98 Å². The lowest BCUT2D eigenvalue weighted by Crippen LogP contribution is -2.29. The van der Waals surface area contributed by atoms with Crippen molar-refractivity contribution in [3.63, 3.8) is 0 Å². The van der Waals surface area contributed by atoms with Gasteiger partial charge in [0.25, 0.3) is 0 Å². The molecule has 3 aromatic rings. The first kappa shape index (κ1) is 32.8. The van der Waals surface area contributed by atoms with Crippen LogP contribution in [0.4, 0.5) is 10.8 Å². The first-order valence-electron chi connectivity index (χ1n) is 14.6. The monoisotopic (exact) mass is 615 g/mol. The largest absolute Gasteiger partial charge is 0.491 e. The third-order valence-electron chi connectivity index (χ3n) is 7.08. The lowest BCUT2D eigenvalue weighted by Gasteiger charge is -2.22. The van der Waals surface area contributed by atoms with Gasteiger partial charge in [0.2, 0.25) is 5.91 Å². The number of nitrogens with zero attached hydrogens (tertiary/aromatic N) is 2. The van der Waals surface area contributed by atoms with Crippen LogP contribution in [0.1, 0.15) is 22.9 Å². The number of hydrogen-bond donors (Lipinski definition) is 3. The number of nitrogens with one attached hydrogen (secondary N) is 2. The highest BCUT2D eigenvalue weighted by molar-refractivity contribution is 7.16. The average Bonchev–Trinajstić information content (AvgIpc) is 3.60. The topological polar surface area (TPSA) is 123 Å². The van der Waals surface area contributed by atoms with E-state index in [0.717, 1.165) is 51.5 Å². The van der Waals surface area contributed by atoms with Crippen molar-refractivity contribution in [2.45, 2.75) is 26.7 Å². The minimum absolute atomic E-state index is 0.146. The summed E-state index contributed by atoms with van der Waals surface area (Å²) in [5.41, 5.74) is 11.8. The summed E-state index contributed by atoms with van der Waals surface area (Å²) in [6, 6.07) is 13.7. The summed E-state index contributed by atoms with van der Waals surface area (Å²) in [5.74, 6) is 0.935. The Morgan fingerprint density at radius 1 is 1.16 bits per heavy atom. The minimum Gasteiger partial charge on any atom is -0.491 e. The van der Waals surface area contributed by atoms with E-state index in [9.17, 15) is 4.79 Å². The summed E-state index contributed by atoms with van der Waals surface area (Å²) in [6.07, 6.45) is 4.61. The number of fused-ring (bicyclic) bond motifs is 1. The highest BCUT2D eigenvalue weighted by Gasteiger charge is 2.25. The van der Waals surface area contributed by atoms with Crippen molar-refractivity contribution in [1.82, 2.24) is 4.98 Å². The van der Waals surface area contributed by atoms with Crippen LogP contribution in [-0.2, 0) is 27.1 Å². The summed E-state index contributed by atoms with van der Waals surface area (Å²) in [7, 11) is 0. The SMILES string of the molecule is C=CC=C(C)C(=C)C(=N)N1CCc2cc(-c3nc(NC(=O)Cc4cccc(OCCOCCOCCN)c4)sc3C)ccc21. The number of amides is 1. The Hall–Kier alpha value is -4.09. The molecular formula is C34H41N5O4S. The van der Waals surface area contributed by atoms with Crippen LogP contribution >= 0.6 is 11.3 Å². The van der Waals surface area contributed by atoms with Crippen molar-refractivity contribution in [2.24, 2.45) is 5.73 Å². The third-order valence-corrected chi connectivity index (χ3v) is 7.97. The van der Waals surface area contributed by atoms with Gasteiger partial charge in [-0.1, -0.05) is 43.5 Å². The molecule has 1 aromatic heterocycles. The van der Waals surface area contributed by atoms with Crippen molar-refractivity contribution < 1.29 is 19.0 Å². The van der Waals surface area contributed by atoms with E-state index >= 15 is 0 Å². The maximum atomic E-state index is 12.9. The van der Waals surface area contributed by atoms with Crippen LogP contribution in [0.25, 0.3) is 11.3 Å². The van der Waals surface area contributed by atoms with Gasteiger partial charge in [-0.15, -0.1) is 11.3 Å². The molecule has 0 fully saturated rings. The standard InChI is InChI=1S/C34H41N5O4S/c1-5-7-23(2)24(3)33(36)39-14-12-27-22-28(10-11-30(27)39)32-25(4)44-34(38-32)37-31(40)21-26-8-6-9-29(20-26)43-19-18-42-17-16-41-15-13-35/h5-11,20,22,36H,1,3,12-19,21,35H2,2,4H3,(H,37,38,40). The molecule has 0 saturated carbocycles. The molecule has 44 heavy (non-hydrogen) atoms. The third kappa shape index (κ3) is 8.73. The quantitative estimate of drug-likeness (QED) is 0.0818. The fourth-order valence-electron chi connectivity index (χ4n) is 4.84. The molecule has 0 aliphatic carbocycles. The molecule has 10 heteroatoms. The van der Waals surface area contributed by atoms with Crippen LogP contribution in [0.5, 0.6) is 5.75 Å². The predicted octanol–water partition coefficient (Wildman–Crippen LogP) is 5.70. The number of rotatable bonds is 16. The van der Waals surface area contributed by atoms with Gasteiger partial charge in [0.1, 0.15) is 18.2 Å². The Morgan fingerprint density at radius 3 is 2.70 bits per heavy atom. The Labute approximate surface area is 263 Å². The normalized spacial score (nSPS) is 12.6. The fourth-order valence-corrected chi connectivity index (χ4v) is 5.70. The van der Waals surface area contributed by atoms with Gasteiger partial charge in [-0.3, -0.25) is 10.2 Å². The number of aromatic nitrogens is 1. The molecule has 0 radical (unpaired) electrons. The van der Waals surface area contributed by atoms with Gasteiger partial charge >= 0.3 is 0 Å². The van der Waals surface area contributed by atoms with Crippen LogP contribution in [0, 0.1) is 12.3 Å². The van der Waals surface area contributed by atoms with Gasteiger partial charge in [0.05, 0.1) is 38.5 Å². The van der Waals surface area contributed by atoms with Crippen LogP contribution in [-0.4, -0.2) is 62.9 Å². The lowest BCUT2D eigenvalue weighted by atomic mass is 10.0. The van der Waals surface area contributed by atoms with E-state index in [4.69, 9.17) is 30.3 Å². The number of nitrogens with two attached hydrogens (primary N) is 1. The Kier molecular flexibility index (Phi) is 12.0. The molecule has 0 unspecified atom stereocenters. The summed E-state index contributed by atoms with van der Waals surface area (Å²) >= 11 is 1.46. The molecule has 1 amide bonds. The van der Waals surface area contributed by atoms with Crippen molar-refractivity contribution in [3.05, 3.63) is 94.9 Å². The average molecular weight is 616 g/mol. The molecule has 0 bridgehead atoms. The van der Waals surface area contributed by atoms with Crippen LogP contribution < -0.4 is 20.7 Å². The molecule has 9 nitrogen and oxygen atoms in total. The van der Waals surface area contributed by atoms with Gasteiger partial charge in [0.15, 0.2) is 5.13 Å². The summed E-state index contributed by atoms with van der Waals surface area (Å²) in [4.78, 5) is 20.7. The predicted molar refractivity (Wildman–Crippen MR) is 179 cm³/mol. The molecular weight excluding hydrogens is 574 g/mol. The Morgan fingerprint density at radius 2 is 1.93 bits per heavy atom. The Balaban J connectivity index is 1.32. The molecule has 2 heterocycles. The molecule has 232 valence electrons. The molecule has 4 N–H and O–H groups in total. The van der Waals surface area contributed by atoms with E-state index in [0.29, 0.717) is 61.9 Å². The summed E-state index contributed by atoms with van der Waals surface area (Å²) < 4.78 is 16.5. The minimum atomic E-state index is -0.146. The number of carbonyl (C=O) groups is 1. The lowest BCUT2D eigenvalue weighted by molar-refractivity contribution is -0.115. The molecule has 1 aliphatic rings. The number of benzene rings is 2. The number of thiazole rings is 1. The van der Waals surface area contributed by atoms with Crippen molar-refractivity contribution >= 4 is 33.9 Å². The van der Waals surface area contributed by atoms with Gasteiger partial charge in [-0.05, 0) is 61.2 Å². The molecule has 0 spiro atoms. The summed E-state index contributed by atoms with van der Waals surface area (Å²) in [5, 5.41) is 12.2. The zero-order chi connectivity index (χ0) is 31.5. The maximum Gasteiger partial charge on any atom is 0.230 e. The molecule has 2 aromatic carbocycles. The molecule has 1 aliphatic heterocycles. The Bertz CT molecular complexity index is 1530. The molecule has 0 atom stereocenters. The van der Waals surface area contributed by atoms with Crippen molar-refractivity contribution in [3.8, 4) is 17.0 Å². The van der Waals surface area contributed by atoms with E-state index < -0.39 is 0 Å². The second-order valence-electron chi connectivity index (χ2n) is 10.3. The number of carbonyl (C=O) groups excluding carboxylic acids is 1. The van der Waals surface area contributed by atoms with Gasteiger partial charge in [0, 0.05) is 34.8 Å². The smallest absolute Gasteiger partial charge is 0.230 e. The van der Waals surface area contributed by atoms with Gasteiger partial charge < -0.3 is 30.2 Å².